The molecule has 1 aliphatic rings. The van der Waals surface area contributed by atoms with E-state index in [0.29, 0.717) is 63.1 Å². The highest BCUT2D eigenvalue weighted by Crippen LogP contribution is 2.34. The molecular formula is C43H72BF2N5O6S. The summed E-state index contributed by atoms with van der Waals surface area (Å²) in [6, 6.07) is 14.8. The lowest BCUT2D eigenvalue weighted by Gasteiger charge is -2.31. The molecular weight excluding hydrogens is 763 g/mol. The summed E-state index contributed by atoms with van der Waals surface area (Å²) in [4.78, 5) is 37.1. The summed E-state index contributed by atoms with van der Waals surface area (Å²) in [5.41, 5.74) is 4.41. The second-order valence-electron chi connectivity index (χ2n) is 14.1. The molecule has 0 amide bonds. The molecule has 0 radical (unpaired) electrons. The minimum atomic E-state index is -2.36. The van der Waals surface area contributed by atoms with Gasteiger partial charge in [-0.1, -0.05) is 89.1 Å². The van der Waals surface area contributed by atoms with Crippen LogP contribution in [0.5, 0.6) is 0 Å². The zero-order valence-electron chi connectivity index (χ0n) is 36.2. The fourth-order valence-electron chi connectivity index (χ4n) is 6.15. The Morgan fingerprint density at radius 3 is 1.48 bits per heavy atom. The van der Waals surface area contributed by atoms with E-state index in [1.165, 1.54) is 4.91 Å². The number of carboxylic acids is 3. The number of hydrogen-bond acceptors (Lipinski definition) is 9. The molecule has 0 aromatic heterocycles. The largest absolute Gasteiger partial charge is 0.481 e. The Bertz CT molecular complexity index is 1430. The monoisotopic (exact) mass is 836 g/mol. The van der Waals surface area contributed by atoms with Gasteiger partial charge in [-0.15, -0.1) is 0 Å². The lowest BCUT2D eigenvalue weighted by molar-refractivity contribution is -0.152. The Hall–Kier alpha value is -3.34. The van der Waals surface area contributed by atoms with Crippen molar-refractivity contribution >= 4 is 35.5 Å². The number of hydrogen-bond donors (Lipinski definition) is 7. The Morgan fingerprint density at radius 1 is 0.724 bits per heavy atom. The number of carboxylic acid groups (broad SMARTS) is 3. The zero-order valence-corrected chi connectivity index (χ0v) is 37.0. The number of rotatable bonds is 26. The topological polar surface area (TPSA) is 177 Å². The molecule has 1 heterocycles. The van der Waals surface area contributed by atoms with E-state index in [0.717, 1.165) is 30.5 Å². The number of benzene rings is 2. The Morgan fingerprint density at radius 2 is 1.12 bits per heavy atom. The fourth-order valence-corrected chi connectivity index (χ4v) is 7.20. The van der Waals surface area contributed by atoms with Gasteiger partial charge in [0.05, 0.1) is 0 Å². The molecule has 8 N–H and O–H groups in total. The zero-order chi connectivity index (χ0) is 44.1. The first-order valence-electron chi connectivity index (χ1n) is 20.7. The summed E-state index contributed by atoms with van der Waals surface area (Å²) in [7, 11) is 5.36. The van der Waals surface area contributed by atoms with E-state index >= 15 is 8.78 Å². The molecule has 0 bridgehead atoms. The van der Waals surface area contributed by atoms with Gasteiger partial charge in [0, 0.05) is 38.9 Å². The van der Waals surface area contributed by atoms with E-state index < -0.39 is 29.2 Å². The standard InChI is InChI=1S/C33H47BF2N4O4S.C6H13NO2.2C2H6/c1-24(37)34-20-29(45-34)23-40(21-27-10-4-8-25(16-27)18-32(35,30(41)42)12-6-14-38-2)22-28-11-5-9-26(17-28)19-33(36,31(43)44)13-7-15-39-3;1-7-5-3-2-4-6(8)9;2*1-2/h4-5,8-11,16-17,20,24,38-39H,6-7,12-15,18-19,21-23,37H2,1-3H3,(H,41,42)(H,43,44);7H,2-5H2,1H3,(H,8,9);2*1-2H3. The fraction of sp³-hybridized carbons (Fsp3) is 0.605. The molecule has 3 rings (SSSR count). The van der Waals surface area contributed by atoms with E-state index in [2.05, 4.69) is 26.8 Å². The summed E-state index contributed by atoms with van der Waals surface area (Å²) >= 11 is 1.73. The normalized spacial score (nSPS) is 14.4. The molecule has 0 saturated carbocycles. The third-order valence-electron chi connectivity index (χ3n) is 9.13. The number of halogens is 2. The van der Waals surface area contributed by atoms with Crippen LogP contribution in [0.4, 0.5) is 8.78 Å². The van der Waals surface area contributed by atoms with E-state index in [-0.39, 0.29) is 37.6 Å². The van der Waals surface area contributed by atoms with E-state index in [1.54, 1.807) is 37.8 Å². The maximum Gasteiger partial charge on any atom is 0.341 e. The molecule has 3 atom stereocenters. The van der Waals surface area contributed by atoms with Crippen LogP contribution in [-0.2, 0) is 40.3 Å². The van der Waals surface area contributed by atoms with Crippen molar-refractivity contribution in [1.82, 2.24) is 20.9 Å². The molecule has 328 valence electrons. The van der Waals surface area contributed by atoms with Crippen LogP contribution in [0, 0.1) is 0 Å². The molecule has 0 aliphatic carbocycles. The van der Waals surface area contributed by atoms with Crippen LogP contribution in [0.2, 0.25) is 0 Å². The predicted molar refractivity (Wildman–Crippen MR) is 237 cm³/mol. The Labute approximate surface area is 351 Å². The van der Waals surface area contributed by atoms with Crippen LogP contribution >= 0.6 is 11.6 Å². The molecule has 2 aromatic rings. The highest BCUT2D eigenvalue weighted by molar-refractivity contribution is 8.31. The number of carbonyl (C=O) groups is 3. The highest BCUT2D eigenvalue weighted by atomic mass is 32.2. The average molecular weight is 836 g/mol. The maximum atomic E-state index is 15.5. The van der Waals surface area contributed by atoms with Crippen molar-refractivity contribution in [3.63, 3.8) is 0 Å². The molecule has 3 unspecified atom stereocenters. The lowest BCUT2D eigenvalue weighted by atomic mass is 9.67. The van der Waals surface area contributed by atoms with Gasteiger partial charge in [-0.2, -0.15) is 11.6 Å². The minimum absolute atomic E-state index is 0.0344. The van der Waals surface area contributed by atoms with Gasteiger partial charge in [0.1, 0.15) is 0 Å². The van der Waals surface area contributed by atoms with Gasteiger partial charge < -0.3 is 37.0 Å². The molecule has 58 heavy (non-hydrogen) atoms. The summed E-state index contributed by atoms with van der Waals surface area (Å²) in [6.07, 6.45) is 2.23. The molecule has 0 spiro atoms. The summed E-state index contributed by atoms with van der Waals surface area (Å²) in [5.74, 6) is -1.16. The van der Waals surface area contributed by atoms with Crippen LogP contribution in [0.25, 0.3) is 0 Å². The van der Waals surface area contributed by atoms with Gasteiger partial charge in [0.15, 0.2) is 0 Å². The number of aliphatic carboxylic acids is 3. The molecule has 11 nitrogen and oxygen atoms in total. The Balaban J connectivity index is 0.00000217. The smallest absolute Gasteiger partial charge is 0.341 e. The summed E-state index contributed by atoms with van der Waals surface area (Å²) < 4.78 is 31.0. The lowest BCUT2D eigenvalue weighted by Crippen LogP contribution is -2.38. The van der Waals surface area contributed by atoms with Crippen molar-refractivity contribution in [1.29, 1.82) is 0 Å². The molecule has 0 saturated heterocycles. The number of unbranched alkanes of at least 4 members (excludes halogenated alkanes) is 1. The average Bonchev–Trinajstić information content (AvgIpc) is 3.16. The van der Waals surface area contributed by atoms with Gasteiger partial charge >= 0.3 is 17.9 Å². The molecule has 15 heteroatoms. The van der Waals surface area contributed by atoms with Crippen LogP contribution < -0.4 is 21.7 Å². The van der Waals surface area contributed by atoms with Crippen molar-refractivity contribution < 1.29 is 38.5 Å². The van der Waals surface area contributed by atoms with Crippen LogP contribution in [-0.4, -0.2) is 109 Å². The number of alkyl halides is 2. The number of nitrogens with two attached hydrogens (primary N) is 1. The van der Waals surface area contributed by atoms with E-state index in [4.69, 9.17) is 10.8 Å². The molecule has 2 aromatic carbocycles. The summed E-state index contributed by atoms with van der Waals surface area (Å²) in [5, 5.41) is 36.3. The van der Waals surface area contributed by atoms with Crippen molar-refractivity contribution in [3.8, 4) is 0 Å². The Kier molecular flexibility index (Phi) is 28.9. The van der Waals surface area contributed by atoms with Gasteiger partial charge in [0.2, 0.25) is 11.3 Å². The second-order valence-corrected chi connectivity index (χ2v) is 15.4. The first kappa shape index (κ1) is 54.7. The number of nitrogens with one attached hydrogen (secondary N) is 3. The van der Waals surface area contributed by atoms with Gasteiger partial charge in [-0.3, -0.25) is 9.69 Å². The highest BCUT2D eigenvalue weighted by Gasteiger charge is 2.39. The third-order valence-corrected chi connectivity index (χ3v) is 10.5. The SMILES string of the molecule is CC.CC.CNCCCC(F)(Cc1cccc(CN(CC2=CB(C(C)N)S2)Cc2cccc(CC(F)(CCCNC)C(=O)O)c2)c1)C(=O)O.CNCCCCC(=O)O. The van der Waals surface area contributed by atoms with Crippen LogP contribution in [0.1, 0.15) is 102 Å². The van der Waals surface area contributed by atoms with Gasteiger partial charge in [-0.25, -0.2) is 18.4 Å². The van der Waals surface area contributed by atoms with E-state index in [1.807, 2.05) is 78.1 Å². The van der Waals surface area contributed by atoms with E-state index in [9.17, 15) is 24.6 Å². The van der Waals surface area contributed by atoms with Gasteiger partial charge in [-0.05, 0) is 112 Å². The van der Waals surface area contributed by atoms with Crippen LogP contribution in [0.15, 0.2) is 59.4 Å². The summed E-state index contributed by atoms with van der Waals surface area (Å²) in [6.45, 7) is 13.6. The number of nitrogens with zero attached hydrogens (tertiary/aromatic N) is 1. The maximum absolute atomic E-state index is 15.5. The first-order valence-corrected chi connectivity index (χ1v) is 21.5. The molecule has 1 aliphatic heterocycles. The van der Waals surface area contributed by atoms with Crippen molar-refractivity contribution in [3.05, 3.63) is 81.7 Å². The van der Waals surface area contributed by atoms with Crippen molar-refractivity contribution in [2.24, 2.45) is 5.73 Å². The first-order chi connectivity index (χ1) is 27.6. The molecule has 0 fully saturated rings. The quantitative estimate of drug-likeness (QED) is 0.0385. The van der Waals surface area contributed by atoms with Crippen molar-refractivity contribution in [2.75, 3.05) is 47.3 Å². The van der Waals surface area contributed by atoms with Crippen LogP contribution in [0.3, 0.4) is 0 Å². The third kappa shape index (κ3) is 21.6. The predicted octanol–water partition coefficient (Wildman–Crippen LogP) is 6.92. The van der Waals surface area contributed by atoms with Crippen molar-refractivity contribution in [2.45, 2.75) is 123 Å². The minimum Gasteiger partial charge on any atom is -0.481 e. The second kappa shape index (κ2) is 30.7. The van der Waals surface area contributed by atoms with Gasteiger partial charge in [0.25, 0.3) is 5.99 Å².